The number of carbonyl (C=O) groups is 2. The van der Waals surface area contributed by atoms with Crippen LogP contribution < -0.4 is 9.80 Å². The molecule has 0 aromatic heterocycles. The monoisotopic (exact) mass is 417 g/mol. The van der Waals surface area contributed by atoms with Gasteiger partial charge < -0.3 is 4.90 Å². The molecule has 2 amide bonds. The Bertz CT molecular complexity index is 1220. The van der Waals surface area contributed by atoms with Crippen LogP contribution >= 0.6 is 0 Å². The summed E-state index contributed by atoms with van der Waals surface area (Å²) < 4.78 is 13.8. The first-order valence-electron chi connectivity index (χ1n) is 9.30. The van der Waals surface area contributed by atoms with Crippen molar-refractivity contribution in [1.82, 2.24) is 0 Å². The summed E-state index contributed by atoms with van der Waals surface area (Å²) in [6.07, 6.45) is 0. The largest absolute Gasteiger partial charge is 0.339 e. The minimum absolute atomic E-state index is 0.0792. The highest BCUT2D eigenvalue weighted by Gasteiger charge is 2.42. The third kappa shape index (κ3) is 3.55. The predicted molar refractivity (Wildman–Crippen MR) is 114 cm³/mol. The first-order valence-corrected chi connectivity index (χ1v) is 9.30. The second kappa shape index (κ2) is 7.83. The third-order valence-corrected chi connectivity index (χ3v) is 4.97. The van der Waals surface area contributed by atoms with Crippen molar-refractivity contribution < 1.29 is 18.9 Å². The molecule has 0 spiro atoms. The molecule has 0 N–H and O–H groups in total. The van der Waals surface area contributed by atoms with Crippen LogP contribution in [-0.4, -0.2) is 23.8 Å². The maximum atomic E-state index is 13.8. The lowest BCUT2D eigenvalue weighted by Crippen LogP contribution is -2.34. The van der Waals surface area contributed by atoms with Crippen molar-refractivity contribution in [2.24, 2.45) is 0 Å². The van der Waals surface area contributed by atoms with Crippen molar-refractivity contribution in [2.45, 2.75) is 0 Å². The van der Waals surface area contributed by atoms with E-state index in [1.165, 1.54) is 42.5 Å². The van der Waals surface area contributed by atoms with Gasteiger partial charge in [-0.3, -0.25) is 19.7 Å². The second-order valence-electron chi connectivity index (χ2n) is 6.85. The van der Waals surface area contributed by atoms with Gasteiger partial charge in [0.1, 0.15) is 11.5 Å². The molecule has 7 nitrogen and oxygen atoms in total. The lowest BCUT2D eigenvalue weighted by Gasteiger charge is -2.21. The van der Waals surface area contributed by atoms with Gasteiger partial charge >= 0.3 is 0 Å². The highest BCUT2D eigenvalue weighted by molar-refractivity contribution is 6.46. The van der Waals surface area contributed by atoms with E-state index in [1.807, 2.05) is 6.07 Å². The van der Waals surface area contributed by atoms with Crippen molar-refractivity contribution >= 4 is 34.4 Å². The standard InChI is InChI=1S/C23H16FN3O4/c1-25(17-7-3-2-4-8-17)21-20(15-10-12-18(13-11-15)27(30)31)22(28)26(23(21)29)19-9-5-6-16(24)14-19/h2-14H,1H3. The SMILES string of the molecule is CN(C1=C(c2ccc([N+](=O)[O-])cc2)C(=O)N(c2cccc(F)c2)C1=O)c1ccccc1. The van der Waals surface area contributed by atoms with Gasteiger partial charge in [-0.25, -0.2) is 9.29 Å². The summed E-state index contributed by atoms with van der Waals surface area (Å²) in [5, 5.41) is 11.0. The Morgan fingerprint density at radius 3 is 2.19 bits per heavy atom. The average Bonchev–Trinajstić information content (AvgIpc) is 3.03. The van der Waals surface area contributed by atoms with E-state index < -0.39 is 22.6 Å². The topological polar surface area (TPSA) is 83.8 Å². The smallest absolute Gasteiger partial charge is 0.282 e. The van der Waals surface area contributed by atoms with Crippen LogP contribution in [0.2, 0.25) is 0 Å². The number of rotatable bonds is 5. The summed E-state index contributed by atoms with van der Waals surface area (Å²) in [6.45, 7) is 0. The Morgan fingerprint density at radius 2 is 1.58 bits per heavy atom. The normalized spacial score (nSPS) is 13.7. The molecular formula is C23H16FN3O4. The van der Waals surface area contributed by atoms with Crippen molar-refractivity contribution in [3.63, 3.8) is 0 Å². The molecule has 154 valence electrons. The fourth-order valence-electron chi connectivity index (χ4n) is 3.47. The van der Waals surface area contributed by atoms with Gasteiger partial charge in [-0.15, -0.1) is 0 Å². The first-order chi connectivity index (χ1) is 14.9. The van der Waals surface area contributed by atoms with Gasteiger partial charge in [-0.05, 0) is 48.0 Å². The summed E-state index contributed by atoms with van der Waals surface area (Å²) >= 11 is 0. The minimum atomic E-state index is -0.637. The number of hydrogen-bond acceptors (Lipinski definition) is 5. The molecule has 31 heavy (non-hydrogen) atoms. The Morgan fingerprint density at radius 1 is 0.903 bits per heavy atom. The number of carbonyl (C=O) groups excluding carboxylic acids is 2. The number of amides is 2. The number of likely N-dealkylation sites (N-methyl/N-ethyl adjacent to an activating group) is 1. The molecule has 3 aromatic carbocycles. The molecule has 0 atom stereocenters. The number of anilines is 2. The van der Waals surface area contributed by atoms with E-state index in [4.69, 9.17) is 0 Å². The lowest BCUT2D eigenvalue weighted by atomic mass is 10.0. The Kier molecular flexibility index (Phi) is 5.04. The molecule has 1 aliphatic heterocycles. The van der Waals surface area contributed by atoms with Crippen LogP contribution in [0.3, 0.4) is 0 Å². The Balaban J connectivity index is 1.87. The molecule has 0 aliphatic carbocycles. The molecule has 3 aromatic rings. The number of benzene rings is 3. The highest BCUT2D eigenvalue weighted by atomic mass is 19.1. The molecule has 0 saturated heterocycles. The molecule has 1 aliphatic rings. The van der Waals surface area contributed by atoms with Crippen LogP contribution in [0.4, 0.5) is 21.5 Å². The molecular weight excluding hydrogens is 401 g/mol. The number of non-ortho nitro benzene ring substituents is 1. The van der Waals surface area contributed by atoms with Crippen LogP contribution in [0.5, 0.6) is 0 Å². The van der Waals surface area contributed by atoms with Gasteiger partial charge in [0.25, 0.3) is 17.5 Å². The fraction of sp³-hybridized carbons (Fsp3) is 0.0435. The Hall–Kier alpha value is -4.33. The quantitative estimate of drug-likeness (QED) is 0.354. The molecule has 1 heterocycles. The lowest BCUT2D eigenvalue weighted by molar-refractivity contribution is -0.384. The number of hydrogen-bond donors (Lipinski definition) is 0. The molecule has 4 rings (SSSR count). The van der Waals surface area contributed by atoms with Crippen LogP contribution in [0.15, 0.2) is 84.6 Å². The third-order valence-electron chi connectivity index (χ3n) is 4.97. The zero-order chi connectivity index (χ0) is 22.1. The number of nitro benzene ring substituents is 1. The molecule has 0 bridgehead atoms. The number of halogens is 1. The number of nitrogens with zero attached hydrogens (tertiary/aromatic N) is 3. The van der Waals surface area contributed by atoms with E-state index in [0.29, 0.717) is 11.3 Å². The van der Waals surface area contributed by atoms with Gasteiger partial charge in [0.2, 0.25) is 0 Å². The van der Waals surface area contributed by atoms with Gasteiger partial charge in [0.05, 0.1) is 16.2 Å². The van der Waals surface area contributed by atoms with Gasteiger partial charge in [-0.1, -0.05) is 24.3 Å². The van der Waals surface area contributed by atoms with Crippen molar-refractivity contribution in [3.8, 4) is 0 Å². The Labute approximate surface area is 176 Å². The summed E-state index contributed by atoms with van der Waals surface area (Å²) in [5.41, 5.74) is 1.15. The number of imide groups is 1. The number of para-hydroxylation sites is 1. The number of nitro groups is 1. The van der Waals surface area contributed by atoms with Gasteiger partial charge in [0.15, 0.2) is 0 Å². The zero-order valence-electron chi connectivity index (χ0n) is 16.4. The van der Waals surface area contributed by atoms with E-state index in [2.05, 4.69) is 0 Å². The zero-order valence-corrected chi connectivity index (χ0v) is 16.4. The van der Waals surface area contributed by atoms with Gasteiger partial charge in [0, 0.05) is 24.9 Å². The summed E-state index contributed by atoms with van der Waals surface area (Å²) in [7, 11) is 1.65. The summed E-state index contributed by atoms with van der Waals surface area (Å²) in [5.74, 6) is -1.84. The van der Waals surface area contributed by atoms with Crippen molar-refractivity contribution in [1.29, 1.82) is 0 Å². The van der Waals surface area contributed by atoms with Crippen molar-refractivity contribution in [3.05, 3.63) is 106 Å². The first kappa shape index (κ1) is 20.0. The van der Waals surface area contributed by atoms with Crippen LogP contribution in [-0.2, 0) is 9.59 Å². The van der Waals surface area contributed by atoms with Crippen LogP contribution in [0.1, 0.15) is 5.56 Å². The summed E-state index contributed by atoms with van der Waals surface area (Å²) in [4.78, 5) is 39.7. The van der Waals surface area contributed by atoms with Crippen LogP contribution in [0, 0.1) is 15.9 Å². The van der Waals surface area contributed by atoms with E-state index >= 15 is 0 Å². The van der Waals surface area contributed by atoms with E-state index in [0.717, 1.165) is 11.0 Å². The van der Waals surface area contributed by atoms with E-state index in [9.17, 15) is 24.1 Å². The highest BCUT2D eigenvalue weighted by Crippen LogP contribution is 2.36. The molecule has 0 fully saturated rings. The van der Waals surface area contributed by atoms with Crippen LogP contribution in [0.25, 0.3) is 5.57 Å². The van der Waals surface area contributed by atoms with Gasteiger partial charge in [-0.2, -0.15) is 0 Å². The predicted octanol–water partition coefficient (Wildman–Crippen LogP) is 4.15. The maximum absolute atomic E-state index is 13.8. The molecule has 0 saturated carbocycles. The molecule has 0 unspecified atom stereocenters. The minimum Gasteiger partial charge on any atom is -0.339 e. The molecule has 0 radical (unpaired) electrons. The fourth-order valence-corrected chi connectivity index (χ4v) is 3.47. The molecule has 8 heteroatoms. The van der Waals surface area contributed by atoms with Crippen molar-refractivity contribution in [2.75, 3.05) is 16.8 Å². The summed E-state index contributed by atoms with van der Waals surface area (Å²) in [6, 6.07) is 19.6. The second-order valence-corrected chi connectivity index (χ2v) is 6.85. The van der Waals surface area contributed by atoms with E-state index in [-0.39, 0.29) is 22.6 Å². The average molecular weight is 417 g/mol. The maximum Gasteiger partial charge on any atom is 0.282 e. The van der Waals surface area contributed by atoms with E-state index in [1.54, 1.807) is 36.2 Å².